The molecular weight excluding hydrogens is 174 g/mol. The summed E-state index contributed by atoms with van der Waals surface area (Å²) >= 11 is 0. The van der Waals surface area contributed by atoms with Crippen molar-refractivity contribution in [3.05, 3.63) is 12.7 Å². The summed E-state index contributed by atoms with van der Waals surface area (Å²) in [5, 5.41) is 0. The standard InChI is InChI=1S/C8H17NO2S/c1-3-5-7-9-12(10,11)8-6-4-2/h3,9H,1,4-8H2,2H3. The number of rotatable bonds is 7. The zero-order valence-electron chi connectivity index (χ0n) is 7.54. The lowest BCUT2D eigenvalue weighted by molar-refractivity contribution is 0.579. The molecule has 0 saturated heterocycles. The molecule has 72 valence electrons. The fourth-order valence-corrected chi connectivity index (χ4v) is 1.96. The first kappa shape index (κ1) is 11.6. The monoisotopic (exact) mass is 191 g/mol. The molecule has 0 bridgehead atoms. The zero-order valence-corrected chi connectivity index (χ0v) is 8.36. The topological polar surface area (TPSA) is 46.2 Å². The van der Waals surface area contributed by atoms with Gasteiger partial charge in [-0.3, -0.25) is 0 Å². The lowest BCUT2D eigenvalue weighted by Crippen LogP contribution is -2.26. The summed E-state index contributed by atoms with van der Waals surface area (Å²) in [4.78, 5) is 0. The fourth-order valence-electron chi connectivity index (χ4n) is 0.723. The van der Waals surface area contributed by atoms with E-state index in [1.807, 2.05) is 6.92 Å². The third-order valence-electron chi connectivity index (χ3n) is 1.44. The van der Waals surface area contributed by atoms with Crippen LogP contribution in [0.1, 0.15) is 26.2 Å². The molecule has 12 heavy (non-hydrogen) atoms. The summed E-state index contributed by atoms with van der Waals surface area (Å²) in [7, 11) is -3.01. The van der Waals surface area contributed by atoms with Crippen molar-refractivity contribution in [2.45, 2.75) is 26.2 Å². The SMILES string of the molecule is C=CCCNS(=O)(=O)CCCC. The Kier molecular flexibility index (Phi) is 6.02. The summed E-state index contributed by atoms with van der Waals surface area (Å²) in [6.07, 6.45) is 4.01. The third-order valence-corrected chi connectivity index (χ3v) is 2.91. The first-order chi connectivity index (χ1) is 5.62. The van der Waals surface area contributed by atoms with Crippen molar-refractivity contribution in [1.29, 1.82) is 0 Å². The predicted molar refractivity (Wildman–Crippen MR) is 51.5 cm³/mol. The van der Waals surface area contributed by atoms with Crippen LogP contribution in [0.15, 0.2) is 12.7 Å². The van der Waals surface area contributed by atoms with Gasteiger partial charge in [0.1, 0.15) is 0 Å². The van der Waals surface area contributed by atoms with Crippen LogP contribution < -0.4 is 4.72 Å². The van der Waals surface area contributed by atoms with Crippen molar-refractivity contribution >= 4 is 10.0 Å². The fraction of sp³-hybridized carbons (Fsp3) is 0.750. The van der Waals surface area contributed by atoms with Crippen molar-refractivity contribution < 1.29 is 8.42 Å². The maximum absolute atomic E-state index is 11.1. The van der Waals surface area contributed by atoms with E-state index in [1.165, 1.54) is 0 Å². The highest BCUT2D eigenvalue weighted by Crippen LogP contribution is 1.93. The van der Waals surface area contributed by atoms with Gasteiger partial charge < -0.3 is 0 Å². The minimum Gasteiger partial charge on any atom is -0.215 e. The molecule has 0 spiro atoms. The van der Waals surface area contributed by atoms with Crippen molar-refractivity contribution in [2.75, 3.05) is 12.3 Å². The van der Waals surface area contributed by atoms with Gasteiger partial charge in [0.2, 0.25) is 10.0 Å². The van der Waals surface area contributed by atoms with Gasteiger partial charge in [0.25, 0.3) is 0 Å². The molecular formula is C8H17NO2S. The van der Waals surface area contributed by atoms with Crippen LogP contribution in [0, 0.1) is 0 Å². The molecule has 0 atom stereocenters. The van der Waals surface area contributed by atoms with Crippen LogP contribution >= 0.6 is 0 Å². The molecule has 0 aliphatic heterocycles. The quantitative estimate of drug-likeness (QED) is 0.487. The molecule has 3 nitrogen and oxygen atoms in total. The van der Waals surface area contributed by atoms with Gasteiger partial charge >= 0.3 is 0 Å². The highest BCUT2D eigenvalue weighted by Gasteiger charge is 2.06. The van der Waals surface area contributed by atoms with Gasteiger partial charge in [-0.2, -0.15) is 0 Å². The lowest BCUT2D eigenvalue weighted by atomic mass is 10.4. The lowest BCUT2D eigenvalue weighted by Gasteiger charge is -2.03. The van der Waals surface area contributed by atoms with Crippen molar-refractivity contribution in [2.24, 2.45) is 0 Å². The van der Waals surface area contributed by atoms with E-state index < -0.39 is 10.0 Å². The molecule has 0 aromatic carbocycles. The van der Waals surface area contributed by atoms with Crippen molar-refractivity contribution in [1.82, 2.24) is 4.72 Å². The van der Waals surface area contributed by atoms with Crippen molar-refractivity contribution in [3.8, 4) is 0 Å². The Labute approximate surface area is 74.9 Å². The molecule has 0 rings (SSSR count). The molecule has 0 heterocycles. The number of sulfonamides is 1. The Bertz CT molecular complexity index is 209. The van der Waals surface area contributed by atoms with Crippen LogP contribution in [0.5, 0.6) is 0 Å². The molecule has 0 aromatic heterocycles. The maximum atomic E-state index is 11.1. The molecule has 0 aliphatic rings. The van der Waals surface area contributed by atoms with E-state index in [4.69, 9.17) is 0 Å². The summed E-state index contributed by atoms with van der Waals surface area (Å²) in [5.41, 5.74) is 0. The Morgan fingerprint density at radius 2 is 2.17 bits per heavy atom. The van der Waals surface area contributed by atoms with Gasteiger partial charge in [0.15, 0.2) is 0 Å². The van der Waals surface area contributed by atoms with E-state index >= 15 is 0 Å². The Morgan fingerprint density at radius 3 is 2.67 bits per heavy atom. The van der Waals surface area contributed by atoms with E-state index in [0.717, 1.165) is 12.8 Å². The first-order valence-electron chi connectivity index (χ1n) is 4.20. The largest absolute Gasteiger partial charge is 0.215 e. The van der Waals surface area contributed by atoms with Gasteiger partial charge in [-0.05, 0) is 12.8 Å². The van der Waals surface area contributed by atoms with E-state index in [-0.39, 0.29) is 5.75 Å². The van der Waals surface area contributed by atoms with Gasteiger partial charge in [-0.25, -0.2) is 13.1 Å². The van der Waals surface area contributed by atoms with Crippen LogP contribution in [-0.2, 0) is 10.0 Å². The summed E-state index contributed by atoms with van der Waals surface area (Å²) in [5.74, 6) is 0.237. The first-order valence-corrected chi connectivity index (χ1v) is 5.86. The van der Waals surface area contributed by atoms with Gasteiger partial charge in [0, 0.05) is 6.54 Å². The van der Waals surface area contributed by atoms with Crippen LogP contribution in [0.3, 0.4) is 0 Å². The van der Waals surface area contributed by atoms with E-state index in [2.05, 4.69) is 11.3 Å². The average Bonchev–Trinajstić information content (AvgIpc) is 2.01. The maximum Gasteiger partial charge on any atom is 0.211 e. The molecule has 0 radical (unpaired) electrons. The third kappa shape index (κ3) is 6.37. The number of hydrogen-bond donors (Lipinski definition) is 1. The Balaban J connectivity index is 3.64. The molecule has 0 amide bonds. The number of unbranched alkanes of at least 4 members (excludes halogenated alkanes) is 1. The Hall–Kier alpha value is -0.350. The molecule has 1 N–H and O–H groups in total. The van der Waals surface area contributed by atoms with E-state index in [9.17, 15) is 8.42 Å². The van der Waals surface area contributed by atoms with Crippen LogP contribution in [-0.4, -0.2) is 20.7 Å². The summed E-state index contributed by atoms with van der Waals surface area (Å²) in [6.45, 7) is 5.95. The molecule has 4 heteroatoms. The van der Waals surface area contributed by atoms with Gasteiger partial charge in [-0.15, -0.1) is 6.58 Å². The average molecular weight is 191 g/mol. The molecule has 0 aromatic rings. The summed E-state index contributed by atoms with van der Waals surface area (Å²) in [6, 6.07) is 0. The number of hydrogen-bond acceptors (Lipinski definition) is 2. The normalized spacial score (nSPS) is 11.4. The zero-order chi connectivity index (χ0) is 9.45. The summed E-state index contributed by atoms with van der Waals surface area (Å²) < 4.78 is 24.7. The van der Waals surface area contributed by atoms with E-state index in [0.29, 0.717) is 13.0 Å². The molecule has 0 aliphatic carbocycles. The molecule has 0 saturated carbocycles. The second kappa shape index (κ2) is 6.20. The van der Waals surface area contributed by atoms with Gasteiger partial charge in [0.05, 0.1) is 5.75 Å². The van der Waals surface area contributed by atoms with Crippen LogP contribution in [0.4, 0.5) is 0 Å². The minimum atomic E-state index is -3.01. The predicted octanol–water partition coefficient (Wildman–Crippen LogP) is 1.28. The van der Waals surface area contributed by atoms with E-state index in [1.54, 1.807) is 6.08 Å². The Morgan fingerprint density at radius 1 is 1.50 bits per heavy atom. The highest BCUT2D eigenvalue weighted by molar-refractivity contribution is 7.89. The molecule has 0 unspecified atom stereocenters. The highest BCUT2D eigenvalue weighted by atomic mass is 32.2. The van der Waals surface area contributed by atoms with Crippen LogP contribution in [0.25, 0.3) is 0 Å². The second-order valence-electron chi connectivity index (χ2n) is 2.64. The van der Waals surface area contributed by atoms with Gasteiger partial charge in [-0.1, -0.05) is 19.4 Å². The van der Waals surface area contributed by atoms with Crippen molar-refractivity contribution in [3.63, 3.8) is 0 Å². The van der Waals surface area contributed by atoms with Crippen LogP contribution in [0.2, 0.25) is 0 Å². The molecule has 0 fully saturated rings. The smallest absolute Gasteiger partial charge is 0.211 e. The minimum absolute atomic E-state index is 0.237. The number of nitrogens with one attached hydrogen (secondary N) is 1. The second-order valence-corrected chi connectivity index (χ2v) is 4.57.